The Labute approximate surface area is 121 Å². The van der Waals surface area contributed by atoms with Gasteiger partial charge in [-0.15, -0.1) is 0 Å². The van der Waals surface area contributed by atoms with Crippen LogP contribution < -0.4 is 10.6 Å². The number of rotatable bonds is 6. The molecular formula is C12H15FN2O5S. The van der Waals surface area contributed by atoms with Gasteiger partial charge in [-0.25, -0.2) is 22.4 Å². The van der Waals surface area contributed by atoms with Gasteiger partial charge in [-0.05, 0) is 18.2 Å². The minimum absolute atomic E-state index is 0.0262. The first-order chi connectivity index (χ1) is 9.75. The third-order valence-corrected chi connectivity index (χ3v) is 4.31. The summed E-state index contributed by atoms with van der Waals surface area (Å²) in [6, 6.07) is 2.26. The number of carbonyl (C=O) groups is 2. The molecule has 0 aliphatic rings. The number of hydrogen-bond donors (Lipinski definition) is 3. The van der Waals surface area contributed by atoms with Crippen molar-refractivity contribution in [2.24, 2.45) is 0 Å². The Morgan fingerprint density at radius 3 is 2.52 bits per heavy atom. The van der Waals surface area contributed by atoms with Crippen LogP contribution in [0, 0.1) is 5.82 Å². The van der Waals surface area contributed by atoms with Gasteiger partial charge in [-0.3, -0.25) is 0 Å². The second kappa shape index (κ2) is 7.02. The largest absolute Gasteiger partial charge is 0.478 e. The van der Waals surface area contributed by atoms with Gasteiger partial charge >= 0.3 is 12.0 Å². The van der Waals surface area contributed by atoms with Crippen molar-refractivity contribution in [3.63, 3.8) is 0 Å². The van der Waals surface area contributed by atoms with E-state index in [4.69, 9.17) is 5.11 Å². The van der Waals surface area contributed by atoms with Crippen molar-refractivity contribution in [3.8, 4) is 0 Å². The molecule has 3 N–H and O–H groups in total. The van der Waals surface area contributed by atoms with Crippen molar-refractivity contribution >= 4 is 27.5 Å². The fraction of sp³-hybridized carbons (Fsp3) is 0.333. The molecular weight excluding hydrogens is 303 g/mol. The van der Waals surface area contributed by atoms with Gasteiger partial charge in [0, 0.05) is 12.3 Å². The molecule has 0 fully saturated rings. The fourth-order valence-electron chi connectivity index (χ4n) is 1.38. The fourth-order valence-corrected chi connectivity index (χ4v) is 2.08. The summed E-state index contributed by atoms with van der Waals surface area (Å²) in [4.78, 5) is 22.1. The van der Waals surface area contributed by atoms with Crippen LogP contribution in [0.25, 0.3) is 0 Å². The second-order valence-electron chi connectivity index (χ2n) is 4.12. The number of carboxylic acids is 1. The number of hydrogen-bond acceptors (Lipinski definition) is 4. The maximum absolute atomic E-state index is 13.5. The molecule has 0 heterocycles. The van der Waals surface area contributed by atoms with Gasteiger partial charge < -0.3 is 15.7 Å². The van der Waals surface area contributed by atoms with Crippen molar-refractivity contribution in [2.75, 3.05) is 23.4 Å². The summed E-state index contributed by atoms with van der Waals surface area (Å²) in [5.74, 6) is -2.42. The van der Waals surface area contributed by atoms with Gasteiger partial charge in [0.1, 0.15) is 5.82 Å². The Balaban J connectivity index is 2.58. The van der Waals surface area contributed by atoms with E-state index in [0.29, 0.717) is 0 Å². The van der Waals surface area contributed by atoms with Crippen molar-refractivity contribution < 1.29 is 27.5 Å². The van der Waals surface area contributed by atoms with E-state index in [0.717, 1.165) is 18.2 Å². The number of urea groups is 1. The highest BCUT2D eigenvalue weighted by atomic mass is 32.2. The Kier molecular flexibility index (Phi) is 5.65. The molecule has 1 aromatic rings. The van der Waals surface area contributed by atoms with Crippen LogP contribution in [-0.2, 0) is 9.84 Å². The molecule has 21 heavy (non-hydrogen) atoms. The van der Waals surface area contributed by atoms with Gasteiger partial charge in [0.15, 0.2) is 9.84 Å². The Morgan fingerprint density at radius 1 is 1.33 bits per heavy atom. The van der Waals surface area contributed by atoms with Crippen molar-refractivity contribution in [1.82, 2.24) is 5.32 Å². The minimum Gasteiger partial charge on any atom is -0.478 e. The first-order valence-electron chi connectivity index (χ1n) is 6.03. The van der Waals surface area contributed by atoms with Gasteiger partial charge in [0.25, 0.3) is 0 Å². The van der Waals surface area contributed by atoms with Crippen LogP contribution in [0.5, 0.6) is 0 Å². The third kappa shape index (κ3) is 5.38. The number of aromatic carboxylic acids is 1. The Morgan fingerprint density at radius 2 is 2.00 bits per heavy atom. The Hall–Kier alpha value is -2.16. The van der Waals surface area contributed by atoms with E-state index in [1.54, 1.807) is 0 Å². The zero-order valence-corrected chi connectivity index (χ0v) is 12.0. The van der Waals surface area contributed by atoms with E-state index >= 15 is 0 Å². The van der Waals surface area contributed by atoms with Crippen LogP contribution >= 0.6 is 0 Å². The summed E-state index contributed by atoms with van der Waals surface area (Å²) in [5, 5.41) is 13.1. The molecule has 0 saturated heterocycles. The predicted octanol–water partition coefficient (Wildman–Crippen LogP) is 1.08. The summed E-state index contributed by atoms with van der Waals surface area (Å²) < 4.78 is 35.9. The first-order valence-corrected chi connectivity index (χ1v) is 7.85. The Bertz CT molecular complexity index is 645. The molecule has 0 aliphatic heterocycles. The lowest BCUT2D eigenvalue weighted by molar-refractivity contribution is 0.0696. The molecule has 116 valence electrons. The van der Waals surface area contributed by atoms with E-state index in [2.05, 4.69) is 10.6 Å². The molecule has 0 bridgehead atoms. The van der Waals surface area contributed by atoms with Crippen LogP contribution in [0.1, 0.15) is 17.3 Å². The van der Waals surface area contributed by atoms with Crippen LogP contribution in [0.2, 0.25) is 0 Å². The third-order valence-electron chi connectivity index (χ3n) is 2.60. The van der Waals surface area contributed by atoms with E-state index in [1.807, 2.05) is 0 Å². The number of carboxylic acid groups (broad SMARTS) is 1. The lowest BCUT2D eigenvalue weighted by Crippen LogP contribution is -2.33. The summed E-state index contributed by atoms with van der Waals surface area (Å²) in [6.45, 7) is 1.39. The van der Waals surface area contributed by atoms with Crippen LogP contribution in [0.15, 0.2) is 18.2 Å². The van der Waals surface area contributed by atoms with Crippen molar-refractivity contribution in [3.05, 3.63) is 29.6 Å². The average molecular weight is 318 g/mol. The maximum atomic E-state index is 13.5. The number of anilines is 1. The van der Waals surface area contributed by atoms with E-state index < -0.39 is 27.7 Å². The smallest absolute Gasteiger partial charge is 0.335 e. The molecule has 0 atom stereocenters. The number of nitrogens with one attached hydrogen (secondary N) is 2. The number of carbonyl (C=O) groups excluding carboxylic acids is 1. The van der Waals surface area contributed by atoms with Crippen LogP contribution in [0.3, 0.4) is 0 Å². The molecule has 7 nitrogen and oxygen atoms in total. The van der Waals surface area contributed by atoms with Gasteiger partial charge in [-0.1, -0.05) is 6.92 Å². The van der Waals surface area contributed by atoms with Gasteiger partial charge in [0.2, 0.25) is 0 Å². The summed E-state index contributed by atoms with van der Waals surface area (Å²) >= 11 is 0. The van der Waals surface area contributed by atoms with Crippen molar-refractivity contribution in [1.29, 1.82) is 0 Å². The molecule has 9 heteroatoms. The predicted molar refractivity (Wildman–Crippen MR) is 74.7 cm³/mol. The molecule has 0 aromatic heterocycles. The standard InChI is InChI=1S/C12H15FN2O5S/c1-2-21(19,20)6-5-14-12(18)15-10-4-3-8(11(16)17)7-9(10)13/h3-4,7H,2,5-6H2,1H3,(H,16,17)(H2,14,15,18). The number of benzene rings is 1. The van der Waals surface area contributed by atoms with E-state index in [1.165, 1.54) is 6.92 Å². The topological polar surface area (TPSA) is 113 Å². The minimum atomic E-state index is -3.19. The molecule has 0 unspecified atom stereocenters. The zero-order valence-electron chi connectivity index (χ0n) is 11.2. The zero-order chi connectivity index (χ0) is 16.0. The highest BCUT2D eigenvalue weighted by Gasteiger charge is 2.12. The molecule has 1 aromatic carbocycles. The second-order valence-corrected chi connectivity index (χ2v) is 6.59. The molecule has 0 spiro atoms. The lowest BCUT2D eigenvalue weighted by atomic mass is 10.2. The lowest BCUT2D eigenvalue weighted by Gasteiger charge is -2.08. The maximum Gasteiger partial charge on any atom is 0.335 e. The number of amides is 2. The monoisotopic (exact) mass is 318 g/mol. The summed E-state index contributed by atoms with van der Waals surface area (Å²) in [6.07, 6.45) is 0. The molecule has 0 aliphatic carbocycles. The molecule has 0 saturated carbocycles. The first kappa shape index (κ1) is 16.9. The van der Waals surface area contributed by atoms with Gasteiger partial charge in [-0.2, -0.15) is 0 Å². The van der Waals surface area contributed by atoms with Crippen molar-refractivity contribution in [2.45, 2.75) is 6.92 Å². The highest BCUT2D eigenvalue weighted by molar-refractivity contribution is 7.91. The molecule has 2 amide bonds. The summed E-state index contributed by atoms with van der Waals surface area (Å²) in [5.41, 5.74) is -0.441. The van der Waals surface area contributed by atoms with E-state index in [9.17, 15) is 22.4 Å². The molecule has 0 radical (unpaired) electrons. The highest BCUT2D eigenvalue weighted by Crippen LogP contribution is 2.15. The van der Waals surface area contributed by atoms with Crippen LogP contribution in [0.4, 0.5) is 14.9 Å². The average Bonchev–Trinajstić information content (AvgIpc) is 2.40. The van der Waals surface area contributed by atoms with E-state index in [-0.39, 0.29) is 29.3 Å². The quantitative estimate of drug-likeness (QED) is 0.726. The molecule has 1 rings (SSSR count). The summed E-state index contributed by atoms with van der Waals surface area (Å²) in [7, 11) is -3.19. The van der Waals surface area contributed by atoms with Crippen LogP contribution in [-0.4, -0.2) is 43.6 Å². The number of sulfone groups is 1. The van der Waals surface area contributed by atoms with Gasteiger partial charge in [0.05, 0.1) is 17.0 Å². The number of halogens is 1. The normalized spacial score (nSPS) is 11.0. The SMILES string of the molecule is CCS(=O)(=O)CCNC(=O)Nc1ccc(C(=O)O)cc1F.